The standard InChI is InChI=1S/C16H21N7O6/c17-10(1-8-4-18-6-20-8)14(26)22-11(3-13(24)25)15(27)23-12(16(28)29)2-9-5-19-7-21-9/h4-7,10-12H,1-3,17H2,(H,18,20)(H,19,21)(H,22,26)(H,23,27)(H,24,25)(H,28,29). The first kappa shape index (κ1) is 21.6. The van der Waals surface area contributed by atoms with Crippen LogP contribution in [0.3, 0.4) is 0 Å². The van der Waals surface area contributed by atoms with Gasteiger partial charge in [0.15, 0.2) is 0 Å². The first-order valence-corrected chi connectivity index (χ1v) is 8.51. The zero-order chi connectivity index (χ0) is 21.4. The lowest BCUT2D eigenvalue weighted by Gasteiger charge is -2.21. The van der Waals surface area contributed by atoms with Crippen LogP contribution in [-0.2, 0) is 32.0 Å². The molecule has 13 heteroatoms. The number of rotatable bonds is 11. The fourth-order valence-electron chi connectivity index (χ4n) is 2.48. The summed E-state index contributed by atoms with van der Waals surface area (Å²) in [5.74, 6) is -4.40. The van der Waals surface area contributed by atoms with E-state index in [4.69, 9.17) is 10.8 Å². The van der Waals surface area contributed by atoms with E-state index in [1.165, 1.54) is 25.0 Å². The van der Waals surface area contributed by atoms with Gasteiger partial charge >= 0.3 is 11.9 Å². The Balaban J connectivity index is 2.02. The van der Waals surface area contributed by atoms with Gasteiger partial charge in [0.2, 0.25) is 11.8 Å². The molecule has 29 heavy (non-hydrogen) atoms. The Morgan fingerprint density at radius 3 is 1.97 bits per heavy atom. The quantitative estimate of drug-likeness (QED) is 0.214. The molecule has 2 aromatic heterocycles. The van der Waals surface area contributed by atoms with Gasteiger partial charge in [-0.3, -0.25) is 14.4 Å². The number of carbonyl (C=O) groups excluding carboxylic acids is 2. The molecule has 0 saturated heterocycles. The van der Waals surface area contributed by atoms with Gasteiger partial charge in [0.05, 0.1) is 25.1 Å². The van der Waals surface area contributed by atoms with E-state index in [1.54, 1.807) is 0 Å². The summed E-state index contributed by atoms with van der Waals surface area (Å²) in [6.45, 7) is 0. The van der Waals surface area contributed by atoms with Gasteiger partial charge in [0, 0.05) is 36.6 Å². The first-order valence-electron chi connectivity index (χ1n) is 8.51. The smallest absolute Gasteiger partial charge is 0.326 e. The second kappa shape index (κ2) is 9.98. The fourth-order valence-corrected chi connectivity index (χ4v) is 2.48. The molecular formula is C16H21N7O6. The molecule has 0 radical (unpaired) electrons. The van der Waals surface area contributed by atoms with Crippen LogP contribution in [0.15, 0.2) is 25.0 Å². The zero-order valence-electron chi connectivity index (χ0n) is 15.2. The molecule has 3 atom stereocenters. The molecule has 2 aromatic rings. The van der Waals surface area contributed by atoms with E-state index in [0.29, 0.717) is 11.4 Å². The summed E-state index contributed by atoms with van der Waals surface area (Å²) < 4.78 is 0. The molecule has 0 bridgehead atoms. The number of carboxylic acid groups (broad SMARTS) is 2. The predicted octanol–water partition coefficient (Wildman–Crippen LogP) is -2.23. The van der Waals surface area contributed by atoms with Crippen molar-refractivity contribution in [3.63, 3.8) is 0 Å². The van der Waals surface area contributed by atoms with Gasteiger partial charge in [-0.05, 0) is 0 Å². The van der Waals surface area contributed by atoms with Gasteiger partial charge in [-0.1, -0.05) is 0 Å². The molecule has 0 aliphatic rings. The van der Waals surface area contributed by atoms with Gasteiger partial charge in [-0.2, -0.15) is 0 Å². The second-order valence-electron chi connectivity index (χ2n) is 6.23. The highest BCUT2D eigenvalue weighted by molar-refractivity contribution is 5.94. The number of aromatic amines is 2. The Morgan fingerprint density at radius 2 is 1.48 bits per heavy atom. The Kier molecular flexibility index (Phi) is 7.42. The number of carbonyl (C=O) groups is 4. The Hall–Kier alpha value is -3.74. The molecule has 0 spiro atoms. The molecule has 0 fully saturated rings. The number of amides is 2. The molecule has 156 valence electrons. The third kappa shape index (κ3) is 6.73. The number of carboxylic acids is 2. The van der Waals surface area contributed by atoms with Crippen LogP contribution in [0.2, 0.25) is 0 Å². The predicted molar refractivity (Wildman–Crippen MR) is 96.3 cm³/mol. The number of nitrogens with two attached hydrogens (primary N) is 1. The van der Waals surface area contributed by atoms with Crippen LogP contribution in [0, 0.1) is 0 Å². The fraction of sp³-hybridized carbons (Fsp3) is 0.375. The highest BCUT2D eigenvalue weighted by Gasteiger charge is 2.30. The van der Waals surface area contributed by atoms with Crippen molar-refractivity contribution >= 4 is 23.8 Å². The van der Waals surface area contributed by atoms with Crippen molar-refractivity contribution in [3.05, 3.63) is 36.4 Å². The van der Waals surface area contributed by atoms with Crippen molar-refractivity contribution < 1.29 is 29.4 Å². The van der Waals surface area contributed by atoms with E-state index >= 15 is 0 Å². The highest BCUT2D eigenvalue weighted by atomic mass is 16.4. The molecule has 2 amide bonds. The number of nitrogens with one attached hydrogen (secondary N) is 4. The normalized spacial score (nSPS) is 13.8. The van der Waals surface area contributed by atoms with Crippen LogP contribution < -0.4 is 16.4 Å². The van der Waals surface area contributed by atoms with E-state index in [-0.39, 0.29) is 12.8 Å². The minimum atomic E-state index is -1.50. The summed E-state index contributed by atoms with van der Waals surface area (Å²) in [7, 11) is 0. The molecule has 0 aliphatic heterocycles. The van der Waals surface area contributed by atoms with Crippen molar-refractivity contribution in [2.45, 2.75) is 37.4 Å². The number of H-pyrrole nitrogens is 2. The maximum atomic E-state index is 12.5. The summed E-state index contributed by atoms with van der Waals surface area (Å²) in [5, 5.41) is 22.8. The average Bonchev–Trinajstić information content (AvgIpc) is 3.33. The van der Waals surface area contributed by atoms with E-state index in [2.05, 4.69) is 30.6 Å². The Labute approximate surface area is 164 Å². The Bertz CT molecular complexity index is 836. The van der Waals surface area contributed by atoms with Crippen LogP contribution in [0.1, 0.15) is 17.8 Å². The molecule has 2 rings (SSSR count). The molecule has 13 nitrogen and oxygen atoms in total. The lowest BCUT2D eigenvalue weighted by Crippen LogP contribution is -2.55. The minimum Gasteiger partial charge on any atom is -0.481 e. The summed E-state index contributed by atoms with van der Waals surface area (Å²) >= 11 is 0. The van der Waals surface area contributed by atoms with Gasteiger partial charge in [0.1, 0.15) is 12.1 Å². The lowest BCUT2D eigenvalue weighted by atomic mass is 10.1. The lowest BCUT2D eigenvalue weighted by molar-refractivity contribution is -0.143. The third-order valence-corrected chi connectivity index (χ3v) is 3.94. The van der Waals surface area contributed by atoms with Crippen molar-refractivity contribution in [1.82, 2.24) is 30.6 Å². The SMILES string of the molecule is NC(Cc1cnc[nH]1)C(=O)NC(CC(=O)O)C(=O)NC(Cc1cnc[nH]1)C(=O)O. The molecule has 3 unspecified atom stereocenters. The van der Waals surface area contributed by atoms with Crippen LogP contribution in [0.5, 0.6) is 0 Å². The number of aliphatic carboxylic acids is 2. The topological polar surface area (TPSA) is 216 Å². The van der Waals surface area contributed by atoms with E-state index in [0.717, 1.165) is 0 Å². The third-order valence-electron chi connectivity index (χ3n) is 3.94. The van der Waals surface area contributed by atoms with Crippen molar-refractivity contribution in [2.24, 2.45) is 5.73 Å². The van der Waals surface area contributed by atoms with Gasteiger partial charge < -0.3 is 36.5 Å². The first-order chi connectivity index (χ1) is 13.8. The summed E-state index contributed by atoms with van der Waals surface area (Å²) in [4.78, 5) is 60.3. The number of hydrogen-bond acceptors (Lipinski definition) is 7. The molecule has 0 saturated carbocycles. The summed E-state index contributed by atoms with van der Waals surface area (Å²) in [6.07, 6.45) is 4.87. The van der Waals surface area contributed by atoms with Crippen LogP contribution in [0.25, 0.3) is 0 Å². The van der Waals surface area contributed by atoms with Crippen molar-refractivity contribution in [3.8, 4) is 0 Å². The maximum absolute atomic E-state index is 12.5. The minimum absolute atomic E-state index is 0.0881. The summed E-state index contributed by atoms with van der Waals surface area (Å²) in [6, 6.07) is -3.92. The van der Waals surface area contributed by atoms with Gasteiger partial charge in [0.25, 0.3) is 0 Å². The maximum Gasteiger partial charge on any atom is 0.326 e. The number of hydrogen-bond donors (Lipinski definition) is 7. The average molecular weight is 407 g/mol. The molecule has 2 heterocycles. The van der Waals surface area contributed by atoms with Crippen molar-refractivity contribution in [2.75, 3.05) is 0 Å². The van der Waals surface area contributed by atoms with Crippen molar-refractivity contribution in [1.29, 1.82) is 0 Å². The number of nitrogens with zero attached hydrogens (tertiary/aromatic N) is 2. The van der Waals surface area contributed by atoms with E-state index in [1.807, 2.05) is 0 Å². The molecule has 0 aromatic carbocycles. The largest absolute Gasteiger partial charge is 0.481 e. The Morgan fingerprint density at radius 1 is 0.931 bits per heavy atom. The monoisotopic (exact) mass is 407 g/mol. The van der Waals surface area contributed by atoms with E-state index in [9.17, 15) is 24.3 Å². The zero-order valence-corrected chi connectivity index (χ0v) is 15.2. The molecule has 8 N–H and O–H groups in total. The van der Waals surface area contributed by atoms with Crippen LogP contribution in [0.4, 0.5) is 0 Å². The van der Waals surface area contributed by atoms with Gasteiger partial charge in [-0.25, -0.2) is 14.8 Å². The second-order valence-corrected chi connectivity index (χ2v) is 6.23. The number of aromatic nitrogens is 4. The van der Waals surface area contributed by atoms with Crippen LogP contribution in [-0.4, -0.2) is 72.0 Å². The summed E-state index contributed by atoms with van der Waals surface area (Å²) in [5.41, 5.74) is 6.82. The van der Waals surface area contributed by atoms with E-state index < -0.39 is 48.3 Å². The highest BCUT2D eigenvalue weighted by Crippen LogP contribution is 2.03. The molecular weight excluding hydrogens is 386 g/mol. The van der Waals surface area contributed by atoms with Crippen LogP contribution >= 0.6 is 0 Å². The number of imidazole rings is 2. The van der Waals surface area contributed by atoms with Gasteiger partial charge in [-0.15, -0.1) is 0 Å². The molecule has 0 aliphatic carbocycles.